The molecule has 0 bridgehead atoms. The summed E-state index contributed by atoms with van der Waals surface area (Å²) in [7, 11) is 3.27. The zero-order valence-corrected chi connectivity index (χ0v) is 18.0. The highest BCUT2D eigenvalue weighted by atomic mass is 16.5. The number of hydrogen-bond acceptors (Lipinski definition) is 4. The molecule has 1 heterocycles. The summed E-state index contributed by atoms with van der Waals surface area (Å²) in [5, 5.41) is 3.01. The summed E-state index contributed by atoms with van der Waals surface area (Å²) in [6.45, 7) is 9.41. The van der Waals surface area contributed by atoms with Crippen molar-refractivity contribution in [3.63, 3.8) is 0 Å². The molecule has 0 aliphatic carbocycles. The molecule has 2 aromatic carbocycles. The number of ether oxygens (including phenoxy) is 2. The van der Waals surface area contributed by atoms with Gasteiger partial charge in [0.2, 0.25) is 0 Å². The molecule has 2 aromatic rings. The van der Waals surface area contributed by atoms with Crippen LogP contribution in [0.25, 0.3) is 0 Å². The lowest BCUT2D eigenvalue weighted by atomic mass is 9.87. The summed E-state index contributed by atoms with van der Waals surface area (Å²) in [5.41, 5.74) is 3.24. The average molecular weight is 398 g/mol. The Balaban J connectivity index is 1.57. The first-order valence-electron chi connectivity index (χ1n) is 9.95. The maximum Gasteiger partial charge on any atom is 0.321 e. The Morgan fingerprint density at radius 1 is 0.897 bits per heavy atom. The lowest BCUT2D eigenvalue weighted by molar-refractivity contribution is 0.208. The van der Waals surface area contributed by atoms with Gasteiger partial charge in [-0.3, -0.25) is 0 Å². The molecule has 0 atom stereocenters. The minimum Gasteiger partial charge on any atom is -0.493 e. The summed E-state index contributed by atoms with van der Waals surface area (Å²) in [6.07, 6.45) is 0. The van der Waals surface area contributed by atoms with Crippen LogP contribution in [0.2, 0.25) is 0 Å². The molecule has 0 radical (unpaired) electrons. The Bertz CT molecular complexity index is 835. The maximum atomic E-state index is 12.6. The van der Waals surface area contributed by atoms with Gasteiger partial charge in [0.15, 0.2) is 11.5 Å². The Kier molecular flexibility index (Phi) is 6.20. The minimum absolute atomic E-state index is 0.0551. The zero-order valence-electron chi connectivity index (χ0n) is 18.0. The van der Waals surface area contributed by atoms with Gasteiger partial charge in [-0.1, -0.05) is 32.9 Å². The largest absolute Gasteiger partial charge is 0.493 e. The van der Waals surface area contributed by atoms with E-state index < -0.39 is 0 Å². The molecule has 1 N–H and O–H groups in total. The Labute approximate surface area is 173 Å². The van der Waals surface area contributed by atoms with Crippen molar-refractivity contribution in [2.24, 2.45) is 0 Å². The summed E-state index contributed by atoms with van der Waals surface area (Å²) in [6, 6.07) is 13.9. The molecule has 0 spiro atoms. The quantitative estimate of drug-likeness (QED) is 0.833. The van der Waals surface area contributed by atoms with Crippen LogP contribution in [0.4, 0.5) is 16.2 Å². The van der Waals surface area contributed by atoms with Gasteiger partial charge in [0.05, 0.1) is 14.2 Å². The third kappa shape index (κ3) is 4.94. The number of anilines is 2. The van der Waals surface area contributed by atoms with Crippen LogP contribution in [0.1, 0.15) is 26.3 Å². The number of urea groups is 1. The predicted octanol–water partition coefficient (Wildman–Crippen LogP) is 4.36. The highest BCUT2D eigenvalue weighted by molar-refractivity contribution is 5.89. The standard InChI is InChI=1S/C23H31N3O3/c1-23(2,3)17-6-8-18(9-7-17)24-22(27)26-14-12-25(13-15-26)19-10-11-20(28-4)21(16-19)29-5/h6-11,16H,12-15H2,1-5H3,(H,24,27). The second-order valence-electron chi connectivity index (χ2n) is 8.27. The fourth-order valence-corrected chi connectivity index (χ4v) is 3.45. The molecular formula is C23H31N3O3. The van der Waals surface area contributed by atoms with Crippen LogP contribution in [-0.4, -0.2) is 51.3 Å². The molecule has 1 saturated heterocycles. The molecule has 1 fully saturated rings. The number of amides is 2. The molecule has 1 aliphatic rings. The van der Waals surface area contributed by atoms with Crippen LogP contribution in [-0.2, 0) is 5.41 Å². The van der Waals surface area contributed by atoms with Gasteiger partial charge in [0.25, 0.3) is 0 Å². The fourth-order valence-electron chi connectivity index (χ4n) is 3.45. The van der Waals surface area contributed by atoms with Crippen molar-refractivity contribution in [3.8, 4) is 11.5 Å². The van der Waals surface area contributed by atoms with Gasteiger partial charge in [-0.15, -0.1) is 0 Å². The van der Waals surface area contributed by atoms with Crippen LogP contribution in [0, 0.1) is 0 Å². The van der Waals surface area contributed by atoms with Crippen molar-refractivity contribution in [1.29, 1.82) is 0 Å². The van der Waals surface area contributed by atoms with E-state index in [1.54, 1.807) is 14.2 Å². The smallest absolute Gasteiger partial charge is 0.321 e. The molecule has 0 saturated carbocycles. The van der Waals surface area contributed by atoms with Crippen LogP contribution >= 0.6 is 0 Å². The van der Waals surface area contributed by atoms with E-state index in [4.69, 9.17) is 9.47 Å². The first-order valence-corrected chi connectivity index (χ1v) is 9.95. The maximum absolute atomic E-state index is 12.6. The third-order valence-electron chi connectivity index (χ3n) is 5.30. The Hall–Kier alpha value is -2.89. The summed E-state index contributed by atoms with van der Waals surface area (Å²) >= 11 is 0. The number of carbonyl (C=O) groups excluding carboxylic acids is 1. The van der Waals surface area contributed by atoms with E-state index in [0.717, 1.165) is 24.5 Å². The van der Waals surface area contributed by atoms with Crippen molar-refractivity contribution >= 4 is 17.4 Å². The molecule has 2 amide bonds. The van der Waals surface area contributed by atoms with Crippen molar-refractivity contribution in [2.75, 3.05) is 50.6 Å². The van der Waals surface area contributed by atoms with E-state index in [-0.39, 0.29) is 11.4 Å². The van der Waals surface area contributed by atoms with Gasteiger partial charge < -0.3 is 24.6 Å². The van der Waals surface area contributed by atoms with Crippen LogP contribution in [0.3, 0.4) is 0 Å². The number of piperazine rings is 1. The first-order chi connectivity index (χ1) is 13.8. The van der Waals surface area contributed by atoms with Crippen molar-refractivity contribution < 1.29 is 14.3 Å². The number of hydrogen-bond donors (Lipinski definition) is 1. The van der Waals surface area contributed by atoms with E-state index in [2.05, 4.69) is 43.1 Å². The molecule has 156 valence electrons. The van der Waals surface area contributed by atoms with Crippen molar-refractivity contribution in [1.82, 2.24) is 4.90 Å². The molecule has 6 nitrogen and oxygen atoms in total. The van der Waals surface area contributed by atoms with E-state index >= 15 is 0 Å². The molecule has 0 unspecified atom stereocenters. The molecule has 1 aliphatic heterocycles. The van der Waals surface area contributed by atoms with E-state index in [1.165, 1.54) is 5.56 Å². The van der Waals surface area contributed by atoms with Crippen LogP contribution in [0.5, 0.6) is 11.5 Å². The second-order valence-corrected chi connectivity index (χ2v) is 8.27. The Morgan fingerprint density at radius 3 is 2.07 bits per heavy atom. The first kappa shape index (κ1) is 20.8. The summed E-state index contributed by atoms with van der Waals surface area (Å²) in [5.74, 6) is 1.43. The van der Waals surface area contributed by atoms with Crippen LogP contribution in [0.15, 0.2) is 42.5 Å². The normalized spacial score (nSPS) is 14.5. The lowest BCUT2D eigenvalue weighted by Gasteiger charge is -2.36. The van der Waals surface area contributed by atoms with Gasteiger partial charge in [0.1, 0.15) is 0 Å². The number of nitrogens with zero attached hydrogens (tertiary/aromatic N) is 2. The molecule has 6 heteroatoms. The van der Waals surface area contributed by atoms with Gasteiger partial charge in [-0.25, -0.2) is 4.79 Å². The minimum atomic E-state index is -0.0551. The van der Waals surface area contributed by atoms with E-state index in [0.29, 0.717) is 24.6 Å². The molecule has 3 rings (SSSR count). The fraction of sp³-hybridized carbons (Fsp3) is 0.435. The SMILES string of the molecule is COc1ccc(N2CCN(C(=O)Nc3ccc(C(C)(C)C)cc3)CC2)cc1OC. The monoisotopic (exact) mass is 397 g/mol. The van der Waals surface area contributed by atoms with Crippen molar-refractivity contribution in [3.05, 3.63) is 48.0 Å². The predicted molar refractivity (Wildman–Crippen MR) is 117 cm³/mol. The number of methoxy groups -OCH3 is 2. The summed E-state index contributed by atoms with van der Waals surface area (Å²) < 4.78 is 10.7. The lowest BCUT2D eigenvalue weighted by Crippen LogP contribution is -2.50. The molecule has 29 heavy (non-hydrogen) atoms. The zero-order chi connectivity index (χ0) is 21.0. The van der Waals surface area contributed by atoms with Gasteiger partial charge in [-0.05, 0) is 35.2 Å². The number of rotatable bonds is 4. The average Bonchev–Trinajstić information content (AvgIpc) is 2.73. The summed E-state index contributed by atoms with van der Waals surface area (Å²) in [4.78, 5) is 16.7. The number of carbonyl (C=O) groups is 1. The van der Waals surface area contributed by atoms with E-state index in [1.807, 2.05) is 35.2 Å². The van der Waals surface area contributed by atoms with Crippen LogP contribution < -0.4 is 19.7 Å². The number of benzene rings is 2. The number of nitrogens with one attached hydrogen (secondary N) is 1. The second kappa shape index (κ2) is 8.64. The third-order valence-corrected chi connectivity index (χ3v) is 5.30. The van der Waals surface area contributed by atoms with Gasteiger partial charge >= 0.3 is 6.03 Å². The molecule has 0 aromatic heterocycles. The molecular weight excluding hydrogens is 366 g/mol. The topological polar surface area (TPSA) is 54.0 Å². The van der Waals surface area contributed by atoms with Crippen molar-refractivity contribution in [2.45, 2.75) is 26.2 Å². The van der Waals surface area contributed by atoms with Gasteiger partial charge in [0, 0.05) is 43.6 Å². The highest BCUT2D eigenvalue weighted by Gasteiger charge is 2.22. The highest BCUT2D eigenvalue weighted by Crippen LogP contribution is 2.32. The Morgan fingerprint density at radius 2 is 1.52 bits per heavy atom. The van der Waals surface area contributed by atoms with E-state index in [9.17, 15) is 4.79 Å². The van der Waals surface area contributed by atoms with Gasteiger partial charge in [-0.2, -0.15) is 0 Å².